The first-order valence-corrected chi connectivity index (χ1v) is 11.8. The smallest absolute Gasteiger partial charge is 0.335 e. The number of esters is 1. The summed E-state index contributed by atoms with van der Waals surface area (Å²) in [5.41, 5.74) is 6.82. The topological polar surface area (TPSA) is 134 Å². The Bertz CT molecular complexity index is 902. The Hall–Kier alpha value is -1.84. The fraction of sp³-hybridized carbons (Fsp3) is 0.682. The summed E-state index contributed by atoms with van der Waals surface area (Å²) < 4.78 is 5.19. The van der Waals surface area contributed by atoms with Gasteiger partial charge in [0, 0.05) is 10.7 Å². The lowest BCUT2D eigenvalue weighted by molar-refractivity contribution is -0.152. The zero-order chi connectivity index (χ0) is 22.4. The number of aliphatic hydroxyl groups excluding tert-OH is 2. The molecule has 0 saturated heterocycles. The molecule has 0 radical (unpaired) electrons. The maximum absolute atomic E-state index is 12.4. The molecule has 9 heteroatoms. The van der Waals surface area contributed by atoms with Gasteiger partial charge in [-0.3, -0.25) is 0 Å². The molecule has 2 heterocycles. The standard InChI is InChI=1S/C22H32N4O4S/c1-12-4-5-16-21(2,8-6-17(28)22(16,3)11-27)14(12)10-15(13-7-9-30-18(13)29)31-20-24-19(23)25-26-20/h7,14-17,27-28H,1,4-6,8-11H2,2-3H3,(H3,23,24,25,26). The van der Waals surface area contributed by atoms with Crippen LogP contribution in [0.4, 0.5) is 5.95 Å². The number of anilines is 1. The molecule has 2 aliphatic carbocycles. The molecule has 4 rings (SSSR count). The number of aromatic amines is 1. The number of hydrogen-bond donors (Lipinski definition) is 4. The summed E-state index contributed by atoms with van der Waals surface area (Å²) in [7, 11) is 0. The summed E-state index contributed by atoms with van der Waals surface area (Å²) >= 11 is 1.41. The van der Waals surface area contributed by atoms with E-state index in [4.69, 9.17) is 10.5 Å². The fourth-order valence-electron chi connectivity index (χ4n) is 6.16. The van der Waals surface area contributed by atoms with Crippen molar-refractivity contribution in [1.82, 2.24) is 15.2 Å². The number of thioether (sulfide) groups is 1. The fourth-order valence-corrected chi connectivity index (χ4v) is 7.27. The molecule has 5 N–H and O–H groups in total. The molecule has 0 bridgehead atoms. The first-order chi connectivity index (χ1) is 14.7. The number of ether oxygens (including phenoxy) is 1. The predicted octanol–water partition coefficient (Wildman–Crippen LogP) is 2.46. The number of allylic oxidation sites excluding steroid dienone is 1. The molecular formula is C22H32N4O4S. The minimum absolute atomic E-state index is 0.0419. The van der Waals surface area contributed by atoms with Gasteiger partial charge in [-0.05, 0) is 55.4 Å². The van der Waals surface area contributed by atoms with Gasteiger partial charge in [0.15, 0.2) is 0 Å². The minimum Gasteiger partial charge on any atom is -0.458 e. The Balaban J connectivity index is 1.66. The van der Waals surface area contributed by atoms with Crippen LogP contribution in [0.25, 0.3) is 0 Å². The van der Waals surface area contributed by atoms with Crippen LogP contribution >= 0.6 is 11.8 Å². The number of carbonyl (C=O) groups is 1. The summed E-state index contributed by atoms with van der Waals surface area (Å²) in [5.74, 6) is 0.230. The van der Waals surface area contributed by atoms with Crippen molar-refractivity contribution in [2.24, 2.45) is 22.7 Å². The average Bonchev–Trinajstić information content (AvgIpc) is 3.34. The van der Waals surface area contributed by atoms with Gasteiger partial charge in [0.1, 0.15) is 6.61 Å². The quantitative estimate of drug-likeness (QED) is 0.296. The highest BCUT2D eigenvalue weighted by atomic mass is 32.2. The molecule has 0 amide bonds. The van der Waals surface area contributed by atoms with Gasteiger partial charge in [-0.2, -0.15) is 4.98 Å². The van der Waals surface area contributed by atoms with Crippen molar-refractivity contribution >= 4 is 23.7 Å². The van der Waals surface area contributed by atoms with E-state index < -0.39 is 11.5 Å². The number of rotatable bonds is 6. The predicted molar refractivity (Wildman–Crippen MR) is 118 cm³/mol. The first-order valence-electron chi connectivity index (χ1n) is 10.9. The van der Waals surface area contributed by atoms with Crippen molar-refractivity contribution in [3.63, 3.8) is 0 Å². The maximum atomic E-state index is 12.4. The minimum atomic E-state index is -0.543. The van der Waals surface area contributed by atoms with E-state index in [-0.39, 0.29) is 47.6 Å². The molecule has 6 unspecified atom stereocenters. The van der Waals surface area contributed by atoms with Gasteiger partial charge in [-0.1, -0.05) is 37.8 Å². The number of nitrogens with one attached hydrogen (secondary N) is 1. The highest BCUT2D eigenvalue weighted by Gasteiger charge is 2.58. The lowest BCUT2D eigenvalue weighted by atomic mass is 9.46. The van der Waals surface area contributed by atoms with Gasteiger partial charge in [0.25, 0.3) is 0 Å². The van der Waals surface area contributed by atoms with Crippen LogP contribution in [0.15, 0.2) is 29.0 Å². The molecule has 1 aromatic rings. The molecule has 170 valence electrons. The van der Waals surface area contributed by atoms with Crippen molar-refractivity contribution in [2.45, 2.75) is 62.5 Å². The highest BCUT2D eigenvalue weighted by Crippen LogP contribution is 2.62. The van der Waals surface area contributed by atoms with Gasteiger partial charge in [-0.25, -0.2) is 9.89 Å². The molecule has 1 aromatic heterocycles. The van der Waals surface area contributed by atoms with Crippen molar-refractivity contribution in [3.8, 4) is 0 Å². The number of aromatic nitrogens is 3. The molecular weight excluding hydrogens is 416 g/mol. The molecule has 6 atom stereocenters. The second-order valence-electron chi connectivity index (χ2n) is 9.63. The lowest BCUT2D eigenvalue weighted by Gasteiger charge is -2.60. The Morgan fingerprint density at radius 3 is 2.84 bits per heavy atom. The number of hydrogen-bond acceptors (Lipinski definition) is 8. The van der Waals surface area contributed by atoms with Crippen LogP contribution in [-0.2, 0) is 9.53 Å². The van der Waals surface area contributed by atoms with E-state index in [1.807, 2.05) is 13.0 Å². The lowest BCUT2D eigenvalue weighted by Crippen LogP contribution is -2.57. The number of nitrogens with zero attached hydrogens (tertiary/aromatic N) is 2. The van der Waals surface area contributed by atoms with Crippen molar-refractivity contribution in [2.75, 3.05) is 18.9 Å². The molecule has 1 aliphatic heterocycles. The molecule has 8 nitrogen and oxygen atoms in total. The molecule has 2 saturated carbocycles. The Kier molecular flexibility index (Phi) is 5.95. The van der Waals surface area contributed by atoms with Crippen LogP contribution in [-0.4, -0.2) is 55.9 Å². The van der Waals surface area contributed by atoms with E-state index in [9.17, 15) is 15.0 Å². The zero-order valence-corrected chi connectivity index (χ0v) is 19.0. The third-order valence-corrected chi connectivity index (χ3v) is 9.10. The maximum Gasteiger partial charge on any atom is 0.335 e. The summed E-state index contributed by atoms with van der Waals surface area (Å²) in [5, 5.41) is 28.0. The zero-order valence-electron chi connectivity index (χ0n) is 18.1. The number of H-pyrrole nitrogens is 1. The SMILES string of the molecule is C=C1CCC2C(C)(CO)C(O)CCC2(C)C1CC(Sc1n[nH]c(N)n1)C1=CCOC1=O. The largest absolute Gasteiger partial charge is 0.458 e. The van der Waals surface area contributed by atoms with E-state index in [1.54, 1.807) is 0 Å². The van der Waals surface area contributed by atoms with Crippen LogP contribution in [0.3, 0.4) is 0 Å². The van der Waals surface area contributed by atoms with Crippen LogP contribution in [0, 0.1) is 22.7 Å². The number of cyclic esters (lactones) is 1. The average molecular weight is 449 g/mol. The number of nitrogen functional groups attached to an aromatic ring is 1. The van der Waals surface area contributed by atoms with Crippen LogP contribution in [0.1, 0.15) is 46.0 Å². The third kappa shape index (κ3) is 3.81. The van der Waals surface area contributed by atoms with Crippen molar-refractivity contribution in [1.29, 1.82) is 0 Å². The number of carbonyl (C=O) groups excluding carboxylic acids is 1. The van der Waals surface area contributed by atoms with Gasteiger partial charge in [0.05, 0.1) is 18.3 Å². The molecule has 0 spiro atoms. The van der Waals surface area contributed by atoms with Gasteiger partial charge in [-0.15, -0.1) is 5.10 Å². The summed E-state index contributed by atoms with van der Waals surface area (Å²) in [6, 6.07) is 0. The van der Waals surface area contributed by atoms with E-state index in [1.165, 1.54) is 17.3 Å². The van der Waals surface area contributed by atoms with Gasteiger partial charge in [0.2, 0.25) is 11.1 Å². The number of fused-ring (bicyclic) bond motifs is 1. The molecule has 31 heavy (non-hydrogen) atoms. The van der Waals surface area contributed by atoms with E-state index in [0.717, 1.165) is 19.3 Å². The molecule has 0 aromatic carbocycles. The monoisotopic (exact) mass is 448 g/mol. The Morgan fingerprint density at radius 1 is 1.45 bits per heavy atom. The molecule has 3 aliphatic rings. The highest BCUT2D eigenvalue weighted by molar-refractivity contribution is 8.00. The normalized spacial score (nSPS) is 36.6. The van der Waals surface area contributed by atoms with Crippen molar-refractivity contribution < 1.29 is 19.7 Å². The summed E-state index contributed by atoms with van der Waals surface area (Å²) in [6.45, 7) is 8.91. The van der Waals surface area contributed by atoms with Crippen LogP contribution < -0.4 is 5.73 Å². The number of nitrogens with two attached hydrogens (primary N) is 1. The van der Waals surface area contributed by atoms with E-state index in [0.29, 0.717) is 23.6 Å². The van der Waals surface area contributed by atoms with Gasteiger partial charge < -0.3 is 20.7 Å². The van der Waals surface area contributed by atoms with Gasteiger partial charge >= 0.3 is 5.97 Å². The Morgan fingerprint density at radius 2 is 2.23 bits per heavy atom. The van der Waals surface area contributed by atoms with E-state index in [2.05, 4.69) is 28.7 Å². The molecule has 2 fully saturated rings. The second-order valence-corrected chi connectivity index (χ2v) is 10.8. The van der Waals surface area contributed by atoms with Crippen LogP contribution in [0.2, 0.25) is 0 Å². The first kappa shape index (κ1) is 22.4. The summed E-state index contributed by atoms with van der Waals surface area (Å²) in [6.07, 6.45) is 5.26. The van der Waals surface area contributed by atoms with Crippen molar-refractivity contribution in [3.05, 3.63) is 23.8 Å². The third-order valence-electron chi connectivity index (χ3n) is 7.97. The summed E-state index contributed by atoms with van der Waals surface area (Å²) in [4.78, 5) is 16.6. The van der Waals surface area contributed by atoms with E-state index >= 15 is 0 Å². The Labute approximate surface area is 186 Å². The number of aliphatic hydroxyl groups is 2. The second kappa shape index (κ2) is 8.26. The van der Waals surface area contributed by atoms with Crippen LogP contribution in [0.5, 0.6) is 0 Å².